The van der Waals surface area contributed by atoms with Crippen LogP contribution in [0.4, 0.5) is 14.6 Å². The molecule has 3 aromatic rings. The predicted molar refractivity (Wildman–Crippen MR) is 109 cm³/mol. The van der Waals surface area contributed by atoms with Gasteiger partial charge in [-0.25, -0.2) is 13.8 Å². The molecule has 1 aliphatic rings. The Morgan fingerprint density at radius 2 is 1.87 bits per heavy atom. The van der Waals surface area contributed by atoms with Crippen LogP contribution in [-0.4, -0.2) is 34.6 Å². The Morgan fingerprint density at radius 1 is 1.13 bits per heavy atom. The minimum absolute atomic E-state index is 0.0560. The zero-order valence-corrected chi connectivity index (χ0v) is 17.1. The van der Waals surface area contributed by atoms with E-state index in [1.165, 1.54) is 18.0 Å². The minimum Gasteiger partial charge on any atom is -0.346 e. The zero-order chi connectivity index (χ0) is 22.1. The molecule has 1 atom stereocenters. The Balaban J connectivity index is 1.54. The number of anilines is 1. The van der Waals surface area contributed by atoms with Crippen molar-refractivity contribution >= 4 is 34.8 Å². The van der Waals surface area contributed by atoms with Gasteiger partial charge in [-0.15, -0.1) is 11.3 Å². The summed E-state index contributed by atoms with van der Waals surface area (Å²) in [7, 11) is 1.46. The van der Waals surface area contributed by atoms with Crippen LogP contribution in [0.3, 0.4) is 0 Å². The molecular formula is C21H16F2N4O3S. The zero-order valence-electron chi connectivity index (χ0n) is 16.3. The van der Waals surface area contributed by atoms with Gasteiger partial charge in [-0.1, -0.05) is 6.07 Å². The van der Waals surface area contributed by atoms with Crippen LogP contribution in [0.15, 0.2) is 42.7 Å². The van der Waals surface area contributed by atoms with Gasteiger partial charge in [0.05, 0.1) is 0 Å². The molecule has 0 aliphatic carbocycles. The van der Waals surface area contributed by atoms with E-state index in [-0.39, 0.29) is 28.7 Å². The molecule has 0 spiro atoms. The topological polar surface area (TPSA) is 92.3 Å². The normalized spacial score (nSPS) is 15.7. The highest BCUT2D eigenvalue weighted by Crippen LogP contribution is 2.35. The lowest BCUT2D eigenvalue weighted by Crippen LogP contribution is -2.43. The molecule has 1 aromatic carbocycles. The van der Waals surface area contributed by atoms with Crippen molar-refractivity contribution in [2.45, 2.75) is 13.0 Å². The molecule has 1 aliphatic heterocycles. The molecule has 0 saturated heterocycles. The maximum absolute atomic E-state index is 13.5. The van der Waals surface area contributed by atoms with E-state index in [1.54, 1.807) is 24.5 Å². The number of fused-ring (bicyclic) bond motifs is 1. The third-order valence-electron chi connectivity index (χ3n) is 4.92. The number of Topliss-reactive ketones (excluding diaryl/α,β-unsaturated/α-hetero) is 1. The third-order valence-corrected chi connectivity index (χ3v) is 5.97. The van der Waals surface area contributed by atoms with Gasteiger partial charge in [0.2, 0.25) is 5.91 Å². The van der Waals surface area contributed by atoms with Crippen LogP contribution in [0.5, 0.6) is 0 Å². The van der Waals surface area contributed by atoms with Crippen molar-refractivity contribution in [2.75, 3.05) is 11.9 Å². The molecule has 0 bridgehead atoms. The number of halogens is 2. The summed E-state index contributed by atoms with van der Waals surface area (Å²) in [6, 6.07) is 6.77. The molecule has 2 amide bonds. The van der Waals surface area contributed by atoms with Gasteiger partial charge in [0.25, 0.3) is 5.91 Å². The Kier molecular flexibility index (Phi) is 5.55. The number of amides is 2. The van der Waals surface area contributed by atoms with Crippen molar-refractivity contribution in [1.29, 1.82) is 0 Å². The van der Waals surface area contributed by atoms with E-state index in [1.807, 2.05) is 0 Å². The molecule has 1 unspecified atom stereocenters. The molecule has 31 heavy (non-hydrogen) atoms. The van der Waals surface area contributed by atoms with Gasteiger partial charge in [-0.05, 0) is 41.8 Å². The second-order valence-corrected chi connectivity index (χ2v) is 7.98. The van der Waals surface area contributed by atoms with Crippen LogP contribution in [0, 0.1) is 17.6 Å². The Bertz CT molecular complexity index is 1180. The van der Waals surface area contributed by atoms with Gasteiger partial charge in [0.1, 0.15) is 10.8 Å². The number of carbonyl (C=O) groups excluding carboxylic acids is 3. The number of carbonyl (C=O) groups is 3. The van der Waals surface area contributed by atoms with Crippen molar-refractivity contribution in [2.24, 2.45) is 5.92 Å². The summed E-state index contributed by atoms with van der Waals surface area (Å²) in [6.45, 7) is 0.257. The summed E-state index contributed by atoms with van der Waals surface area (Å²) in [5, 5.41) is 2.77. The number of ketones is 1. The van der Waals surface area contributed by atoms with Gasteiger partial charge in [0, 0.05) is 26.0 Å². The Labute approximate surface area is 179 Å². The van der Waals surface area contributed by atoms with E-state index >= 15 is 0 Å². The highest BCUT2D eigenvalue weighted by atomic mass is 32.1. The van der Waals surface area contributed by atoms with Gasteiger partial charge >= 0.3 is 0 Å². The van der Waals surface area contributed by atoms with Crippen molar-refractivity contribution < 1.29 is 23.2 Å². The summed E-state index contributed by atoms with van der Waals surface area (Å²) in [5.41, 5.74) is 1.17. The van der Waals surface area contributed by atoms with E-state index < -0.39 is 35.1 Å². The smallest absolute Gasteiger partial charge is 0.280 e. The fourth-order valence-electron chi connectivity index (χ4n) is 3.25. The fourth-order valence-corrected chi connectivity index (χ4v) is 4.25. The first-order valence-corrected chi connectivity index (χ1v) is 10.1. The SMILES string of the molecule is CN1C(=O)C(Cc2ccc(F)c(F)c2)C(=O)c2sc(C(=O)NCc3ccncc3)nc21. The number of hydrogen-bond acceptors (Lipinski definition) is 6. The van der Waals surface area contributed by atoms with Crippen molar-refractivity contribution in [3.05, 3.63) is 75.4 Å². The Hall–Kier alpha value is -3.53. The molecule has 1 N–H and O–H groups in total. The highest BCUT2D eigenvalue weighted by Gasteiger charge is 2.41. The molecule has 3 heterocycles. The van der Waals surface area contributed by atoms with Gasteiger partial charge < -0.3 is 5.32 Å². The quantitative estimate of drug-likeness (QED) is 0.614. The lowest BCUT2D eigenvalue weighted by Gasteiger charge is -2.26. The molecule has 158 valence electrons. The number of nitrogens with one attached hydrogen (secondary N) is 1. The molecule has 0 radical (unpaired) electrons. The number of benzene rings is 1. The van der Waals surface area contributed by atoms with Crippen LogP contribution < -0.4 is 10.2 Å². The number of nitrogens with zero attached hydrogens (tertiary/aromatic N) is 3. The monoisotopic (exact) mass is 442 g/mol. The van der Waals surface area contributed by atoms with Gasteiger partial charge in [-0.3, -0.25) is 24.3 Å². The van der Waals surface area contributed by atoms with Crippen LogP contribution in [0.1, 0.15) is 30.6 Å². The van der Waals surface area contributed by atoms with E-state index in [2.05, 4.69) is 15.3 Å². The maximum Gasteiger partial charge on any atom is 0.280 e. The lowest BCUT2D eigenvalue weighted by atomic mass is 9.90. The van der Waals surface area contributed by atoms with E-state index in [0.29, 0.717) is 5.56 Å². The summed E-state index contributed by atoms with van der Waals surface area (Å²) < 4.78 is 26.7. The molecule has 0 fully saturated rings. The summed E-state index contributed by atoms with van der Waals surface area (Å²) in [5.74, 6) is -4.51. The number of thiazole rings is 1. The molecular weight excluding hydrogens is 426 g/mol. The summed E-state index contributed by atoms with van der Waals surface area (Å²) in [6.07, 6.45) is 3.13. The van der Waals surface area contributed by atoms with Crippen molar-refractivity contribution in [1.82, 2.24) is 15.3 Å². The minimum atomic E-state index is -1.10. The average molecular weight is 442 g/mol. The van der Waals surface area contributed by atoms with Gasteiger partial charge in [0.15, 0.2) is 28.2 Å². The molecule has 0 saturated carbocycles. The lowest BCUT2D eigenvalue weighted by molar-refractivity contribution is -0.121. The number of hydrogen-bond donors (Lipinski definition) is 1. The largest absolute Gasteiger partial charge is 0.346 e. The van der Waals surface area contributed by atoms with E-state index in [4.69, 9.17) is 0 Å². The van der Waals surface area contributed by atoms with Crippen LogP contribution in [-0.2, 0) is 17.8 Å². The Morgan fingerprint density at radius 3 is 2.58 bits per heavy atom. The number of rotatable bonds is 5. The number of aromatic nitrogens is 2. The van der Waals surface area contributed by atoms with Crippen LogP contribution >= 0.6 is 11.3 Å². The van der Waals surface area contributed by atoms with Crippen LogP contribution in [0.2, 0.25) is 0 Å². The third kappa shape index (κ3) is 4.06. The predicted octanol–water partition coefficient (Wildman–Crippen LogP) is 2.76. The van der Waals surface area contributed by atoms with E-state index in [0.717, 1.165) is 29.0 Å². The summed E-state index contributed by atoms with van der Waals surface area (Å²) >= 11 is 0.899. The van der Waals surface area contributed by atoms with Crippen LogP contribution in [0.25, 0.3) is 0 Å². The van der Waals surface area contributed by atoms with E-state index in [9.17, 15) is 23.2 Å². The molecule has 2 aromatic heterocycles. The second-order valence-electron chi connectivity index (χ2n) is 6.98. The molecule has 4 rings (SSSR count). The highest BCUT2D eigenvalue weighted by molar-refractivity contribution is 7.16. The van der Waals surface area contributed by atoms with Crippen molar-refractivity contribution in [3.63, 3.8) is 0 Å². The van der Waals surface area contributed by atoms with Crippen molar-refractivity contribution in [3.8, 4) is 0 Å². The fraction of sp³-hybridized carbons (Fsp3) is 0.190. The van der Waals surface area contributed by atoms with Gasteiger partial charge in [-0.2, -0.15) is 0 Å². The standard InChI is InChI=1S/C21H16F2N4O3S/c1-27-18-17(31-20(26-18)19(29)25-10-11-4-6-24-7-5-11)16(28)13(21(27)30)8-12-2-3-14(22)15(23)9-12/h2-7,9,13H,8,10H2,1H3,(H,25,29). The molecule has 10 heteroatoms. The first kappa shape index (κ1) is 20.7. The average Bonchev–Trinajstić information content (AvgIpc) is 3.23. The second kappa shape index (κ2) is 8.31. The molecule has 7 nitrogen and oxygen atoms in total. The maximum atomic E-state index is 13.5. The number of pyridine rings is 1. The summed E-state index contributed by atoms with van der Waals surface area (Å²) in [4.78, 5) is 47.7. The first-order chi connectivity index (χ1) is 14.8. The first-order valence-electron chi connectivity index (χ1n) is 9.28.